The van der Waals surface area contributed by atoms with Gasteiger partial charge < -0.3 is 12.4 Å². The van der Waals surface area contributed by atoms with Crippen LogP contribution >= 0.6 is 22.7 Å². The number of hydrogen-bond acceptors (Lipinski definition) is 3. The van der Waals surface area contributed by atoms with Gasteiger partial charge in [-0.05, 0) is 84.6 Å². The molecule has 0 saturated heterocycles. The minimum absolute atomic E-state index is 0. The molecule has 0 aromatic heterocycles. The highest BCUT2D eigenvalue weighted by atomic mass is 35.5. The lowest BCUT2D eigenvalue weighted by Crippen LogP contribution is -3.00. The largest absolute Gasteiger partial charge is 1.00 e. The van der Waals surface area contributed by atoms with Crippen molar-refractivity contribution >= 4 is 22.7 Å². The van der Waals surface area contributed by atoms with Crippen LogP contribution in [0.4, 0.5) is 0 Å². The van der Waals surface area contributed by atoms with Crippen LogP contribution in [0, 0.1) is 0 Å². The van der Waals surface area contributed by atoms with Crippen LogP contribution < -0.4 is 12.4 Å². The van der Waals surface area contributed by atoms with Crippen molar-refractivity contribution < 1.29 is 12.4 Å². The fourth-order valence-electron chi connectivity index (χ4n) is 3.26. The lowest BCUT2D eigenvalue weighted by Gasteiger charge is -2.43. The van der Waals surface area contributed by atoms with Crippen molar-refractivity contribution in [3.63, 3.8) is 0 Å². The van der Waals surface area contributed by atoms with Gasteiger partial charge in [-0.25, -0.2) is 28.0 Å². The van der Waals surface area contributed by atoms with Crippen LogP contribution in [0.2, 0.25) is 0 Å². The second-order valence-electron chi connectivity index (χ2n) is 8.05. The summed E-state index contributed by atoms with van der Waals surface area (Å²) in [6.45, 7) is 2.23. The van der Waals surface area contributed by atoms with Crippen LogP contribution in [0.5, 0.6) is 0 Å². The van der Waals surface area contributed by atoms with E-state index in [4.69, 9.17) is 9.03 Å². The third-order valence-corrected chi connectivity index (χ3v) is 17.1. The van der Waals surface area contributed by atoms with Crippen molar-refractivity contribution in [3.8, 4) is 0 Å². The summed E-state index contributed by atoms with van der Waals surface area (Å²) in [5, 5.41) is 0. The minimum atomic E-state index is -2.18. The smallest absolute Gasteiger partial charge is 0.323 e. The highest BCUT2D eigenvalue weighted by Crippen LogP contribution is 2.76. The fraction of sp³-hybridized carbons (Fsp3) is 1.00. The van der Waals surface area contributed by atoms with E-state index in [-0.39, 0.29) is 12.4 Å². The summed E-state index contributed by atoms with van der Waals surface area (Å²) in [6, 6.07) is 0. The van der Waals surface area contributed by atoms with Gasteiger partial charge in [0.25, 0.3) is 0 Å². The number of nitrogens with zero attached hydrogens (tertiary/aromatic N) is 9. The van der Waals surface area contributed by atoms with E-state index in [0.717, 1.165) is 0 Å². The van der Waals surface area contributed by atoms with Gasteiger partial charge in [-0.15, -0.1) is 4.67 Å². The third-order valence-electron chi connectivity index (χ3n) is 4.56. The molecule has 0 amide bonds. The van der Waals surface area contributed by atoms with Gasteiger partial charge in [0.15, 0.2) is 0 Å². The monoisotopic (exact) mass is 479 g/mol. The first kappa shape index (κ1) is 31.1. The molecule has 0 aromatic rings. The molecule has 0 aliphatic carbocycles. The predicted molar refractivity (Wildman–Crippen MR) is 127 cm³/mol. The molecule has 0 unspecified atom stereocenters. The summed E-state index contributed by atoms with van der Waals surface area (Å²) in [5.74, 6) is 0. The molecule has 0 N–H and O–H groups in total. The summed E-state index contributed by atoms with van der Waals surface area (Å²) >= 11 is 0. The van der Waals surface area contributed by atoms with Crippen molar-refractivity contribution in [3.05, 3.63) is 0 Å². The van der Waals surface area contributed by atoms with Gasteiger partial charge in [0, 0.05) is 14.1 Å². The summed E-state index contributed by atoms with van der Waals surface area (Å²) in [6.07, 6.45) is 0. The molecule has 28 heavy (non-hydrogen) atoms. The van der Waals surface area contributed by atoms with Crippen molar-refractivity contribution in [2.75, 3.05) is 105 Å². The summed E-state index contributed by atoms with van der Waals surface area (Å²) in [4.78, 5) is 0. The molecule has 9 nitrogen and oxygen atoms in total. The molecule has 0 rings (SSSR count). The molecule has 0 heterocycles. The van der Waals surface area contributed by atoms with Crippen LogP contribution in [0.25, 0.3) is 0 Å². The quantitative estimate of drug-likeness (QED) is 0.438. The van der Waals surface area contributed by atoms with E-state index in [1.54, 1.807) is 0 Å². The minimum Gasteiger partial charge on any atom is -1.00 e. The lowest BCUT2D eigenvalue weighted by molar-refractivity contribution is -0.00000674. The second-order valence-corrected chi connectivity index (χ2v) is 19.0. The Morgan fingerprint density at radius 1 is 0.464 bits per heavy atom. The Balaban J connectivity index is 0. The maximum atomic E-state index is 5.58. The molecule has 0 saturated carbocycles. The number of halogens is 1. The van der Waals surface area contributed by atoms with Gasteiger partial charge in [-0.3, -0.25) is 0 Å². The summed E-state index contributed by atoms with van der Waals surface area (Å²) in [7, 11) is 23.3. The average molecular weight is 480 g/mol. The van der Waals surface area contributed by atoms with E-state index in [0.29, 0.717) is 0 Å². The van der Waals surface area contributed by atoms with Gasteiger partial charge in [-0.1, -0.05) is 9.03 Å². The molecular weight excluding hydrogens is 435 g/mol. The normalized spacial score (nSPS) is 14.1. The Labute approximate surface area is 182 Å². The van der Waals surface area contributed by atoms with Gasteiger partial charge in [0.2, 0.25) is 15.0 Å². The van der Waals surface area contributed by atoms with Gasteiger partial charge in [-0.2, -0.15) is 0 Å². The van der Waals surface area contributed by atoms with Crippen LogP contribution in [0.1, 0.15) is 0 Å². The third kappa shape index (κ3) is 5.99. The molecule has 0 radical (unpaired) electrons. The molecule has 0 bridgehead atoms. The van der Waals surface area contributed by atoms with E-state index in [2.05, 4.69) is 138 Å². The lowest BCUT2D eigenvalue weighted by atomic mass is 11.2. The van der Waals surface area contributed by atoms with E-state index in [1.807, 2.05) is 0 Å². The maximum Gasteiger partial charge on any atom is 0.323 e. The van der Waals surface area contributed by atoms with E-state index >= 15 is 0 Å². The highest BCUT2D eigenvalue weighted by molar-refractivity contribution is 7.81. The molecule has 0 aliphatic rings. The van der Waals surface area contributed by atoms with Gasteiger partial charge >= 0.3 is 7.71 Å². The summed E-state index contributed by atoms with van der Waals surface area (Å²) in [5.41, 5.74) is 0. The average Bonchev–Trinajstić information content (AvgIpc) is 2.47. The first-order valence-corrected chi connectivity index (χ1v) is 14.2. The number of rotatable bonds is 9. The SMILES string of the molecule is CN(C)P(=N[P+](C)(N=P(N(C)C)(N(C)C)N(C)C)N(C)C)(N(C)C)N(C)C.[Cl-]. The first-order valence-electron chi connectivity index (χ1n) is 8.91. The van der Waals surface area contributed by atoms with Crippen molar-refractivity contribution in [2.45, 2.75) is 0 Å². The molecule has 172 valence electrons. The van der Waals surface area contributed by atoms with Crippen LogP contribution in [-0.4, -0.2) is 138 Å². The van der Waals surface area contributed by atoms with E-state index < -0.39 is 22.7 Å². The molecule has 0 spiro atoms. The maximum absolute atomic E-state index is 5.58. The number of hydrogen-bond donors (Lipinski definition) is 0. The highest BCUT2D eigenvalue weighted by Gasteiger charge is 2.47. The Bertz CT molecular complexity index is 488. The predicted octanol–water partition coefficient (Wildman–Crippen LogP) is 0.206. The first-order chi connectivity index (χ1) is 12.0. The van der Waals surface area contributed by atoms with Crippen LogP contribution in [-0.2, 0) is 0 Å². The Hall–Kier alpha value is 0.900. The molecule has 13 heteroatoms. The topological polar surface area (TPSA) is 47.4 Å². The molecular formula is C15H45ClN9P3. The molecule has 0 aliphatic heterocycles. The molecule has 0 fully saturated rings. The van der Waals surface area contributed by atoms with Gasteiger partial charge in [0.1, 0.15) is 6.66 Å². The standard InChI is InChI=1S/C15H45N9P3.ClH/c1-18(2)25(15,16-26(19(3)4,20(5)6)21(7)8)17-27(22(9)10,23(11)12)24(13)14;/h1-15H3;1H/q+1;/p-1. The van der Waals surface area contributed by atoms with Crippen molar-refractivity contribution in [1.82, 2.24) is 32.7 Å². The second kappa shape index (κ2) is 11.5. The zero-order chi connectivity index (χ0) is 22.0. The molecule has 0 aromatic carbocycles. The zero-order valence-corrected chi connectivity index (χ0v) is 24.2. The fourth-order valence-corrected chi connectivity index (χ4v) is 16.8. The van der Waals surface area contributed by atoms with E-state index in [9.17, 15) is 0 Å². The Kier molecular flexibility index (Phi) is 12.8. The Morgan fingerprint density at radius 2 is 0.643 bits per heavy atom. The molecule has 0 atom stereocenters. The van der Waals surface area contributed by atoms with Crippen molar-refractivity contribution in [2.24, 2.45) is 9.03 Å². The van der Waals surface area contributed by atoms with Gasteiger partial charge in [0.05, 0.1) is 0 Å². The van der Waals surface area contributed by atoms with Crippen LogP contribution in [0.15, 0.2) is 9.03 Å². The van der Waals surface area contributed by atoms with Crippen molar-refractivity contribution in [1.29, 1.82) is 0 Å². The van der Waals surface area contributed by atoms with Crippen LogP contribution in [0.3, 0.4) is 0 Å². The Morgan fingerprint density at radius 3 is 0.750 bits per heavy atom. The van der Waals surface area contributed by atoms with E-state index in [1.165, 1.54) is 0 Å². The zero-order valence-electron chi connectivity index (χ0n) is 20.7. The summed E-state index contributed by atoms with van der Waals surface area (Å²) < 4.78 is 26.9.